The van der Waals surface area contributed by atoms with Crippen LogP contribution in [-0.2, 0) is 24.1 Å². The van der Waals surface area contributed by atoms with Crippen LogP contribution in [0.2, 0.25) is 5.02 Å². The highest BCUT2D eigenvalue weighted by molar-refractivity contribution is 9.10. The molecule has 0 spiro atoms. The molecule has 2 aromatic heterocycles. The minimum Gasteiger partial charge on any atom is -0.323 e. The lowest BCUT2D eigenvalue weighted by Gasteiger charge is -2.07. The molecule has 0 radical (unpaired) electrons. The van der Waals surface area contributed by atoms with Gasteiger partial charge in [-0.05, 0) is 46.5 Å². The van der Waals surface area contributed by atoms with Gasteiger partial charge in [-0.1, -0.05) is 17.7 Å². The van der Waals surface area contributed by atoms with E-state index < -0.39 is 17.7 Å². The third-order valence-corrected chi connectivity index (χ3v) is 6.11. The Hall–Kier alpha value is -2.40. The fourth-order valence-electron chi connectivity index (χ4n) is 3.32. The van der Waals surface area contributed by atoms with E-state index in [2.05, 4.69) is 31.4 Å². The molecule has 12 heteroatoms. The molecule has 2 heterocycles. The number of aryl methyl sites for hydroxylation is 1. The molecule has 0 saturated heterocycles. The number of halogens is 6. The normalized spacial score (nSPS) is 14.1. The average molecular weight is 535 g/mol. The molecule has 1 saturated carbocycles. The first-order chi connectivity index (χ1) is 15.1. The highest BCUT2D eigenvalue weighted by atomic mass is 79.9. The van der Waals surface area contributed by atoms with Gasteiger partial charge in [0.25, 0.3) is 0 Å². The molecule has 1 aromatic carbocycles. The van der Waals surface area contributed by atoms with Crippen molar-refractivity contribution in [3.63, 3.8) is 0 Å². The minimum absolute atomic E-state index is 0.0195. The van der Waals surface area contributed by atoms with E-state index in [4.69, 9.17) is 11.6 Å². The highest BCUT2D eigenvalue weighted by Crippen LogP contribution is 2.47. The molecule has 32 heavy (non-hydrogen) atoms. The second-order valence-corrected chi connectivity index (χ2v) is 8.70. The Morgan fingerprint density at radius 1 is 1.31 bits per heavy atom. The first-order valence-electron chi connectivity index (χ1n) is 9.71. The van der Waals surface area contributed by atoms with Gasteiger partial charge in [-0.2, -0.15) is 23.4 Å². The van der Waals surface area contributed by atoms with Crippen molar-refractivity contribution < 1.29 is 22.4 Å². The van der Waals surface area contributed by atoms with E-state index in [1.54, 1.807) is 12.3 Å². The molecular formula is C20H17BrClF4N5O. The number of nitrogens with zero attached hydrogens (tertiary/aromatic N) is 4. The standard InChI is InChI=1S/C20H17BrClF4N5O/c21-17-18(11-1-2-11)31(29-19(17)20(24,25)26)6-5-16(32)28-14-8-27-30(10-14)9-12-3-4-13(23)7-15(12)22/h3-4,7-8,10-11H,1-2,5-6,9H2,(H,28,32). The van der Waals surface area contributed by atoms with E-state index in [-0.39, 0.29) is 40.8 Å². The molecule has 0 unspecified atom stereocenters. The van der Waals surface area contributed by atoms with Crippen molar-refractivity contribution in [3.8, 4) is 0 Å². The summed E-state index contributed by atoms with van der Waals surface area (Å²) in [4.78, 5) is 12.3. The van der Waals surface area contributed by atoms with Crippen molar-refractivity contribution >= 4 is 39.1 Å². The van der Waals surface area contributed by atoms with Gasteiger partial charge < -0.3 is 5.32 Å². The summed E-state index contributed by atoms with van der Waals surface area (Å²) in [6, 6.07) is 4.05. The van der Waals surface area contributed by atoms with E-state index in [1.165, 1.54) is 27.7 Å². The quantitative estimate of drug-likeness (QED) is 0.401. The molecule has 1 amide bonds. The Bertz CT molecular complexity index is 1160. The molecule has 0 aliphatic heterocycles. The second-order valence-electron chi connectivity index (χ2n) is 7.50. The zero-order valence-electron chi connectivity index (χ0n) is 16.5. The number of hydrogen-bond donors (Lipinski definition) is 1. The van der Waals surface area contributed by atoms with Crippen LogP contribution >= 0.6 is 27.5 Å². The van der Waals surface area contributed by atoms with E-state index in [9.17, 15) is 22.4 Å². The Balaban J connectivity index is 1.38. The summed E-state index contributed by atoms with van der Waals surface area (Å²) in [5.41, 5.74) is 0.592. The van der Waals surface area contributed by atoms with Crippen LogP contribution in [0.15, 0.2) is 35.1 Å². The smallest absolute Gasteiger partial charge is 0.323 e. The summed E-state index contributed by atoms with van der Waals surface area (Å²) in [5.74, 6) is -0.803. The lowest BCUT2D eigenvalue weighted by atomic mass is 10.2. The lowest BCUT2D eigenvalue weighted by molar-refractivity contribution is -0.142. The Labute approximate surface area is 193 Å². The van der Waals surface area contributed by atoms with E-state index in [1.807, 2.05) is 0 Å². The van der Waals surface area contributed by atoms with E-state index in [0.29, 0.717) is 16.9 Å². The molecule has 0 bridgehead atoms. The number of alkyl halides is 3. The minimum atomic E-state index is -4.57. The van der Waals surface area contributed by atoms with Crippen LogP contribution in [0, 0.1) is 5.82 Å². The van der Waals surface area contributed by atoms with Gasteiger partial charge >= 0.3 is 6.18 Å². The molecule has 4 rings (SSSR count). The summed E-state index contributed by atoms with van der Waals surface area (Å²) in [6.07, 6.45) is -0.00907. The maximum atomic E-state index is 13.2. The molecule has 1 aliphatic rings. The molecule has 170 valence electrons. The van der Waals surface area contributed by atoms with Gasteiger partial charge in [0, 0.05) is 23.6 Å². The van der Waals surface area contributed by atoms with Gasteiger partial charge in [-0.25, -0.2) is 4.39 Å². The van der Waals surface area contributed by atoms with Crippen molar-refractivity contribution in [1.82, 2.24) is 19.6 Å². The third kappa shape index (κ3) is 5.15. The van der Waals surface area contributed by atoms with Gasteiger partial charge in [-0.15, -0.1) is 0 Å². The molecule has 0 atom stereocenters. The fourth-order valence-corrected chi connectivity index (χ4v) is 4.38. The van der Waals surface area contributed by atoms with Crippen LogP contribution in [0.1, 0.15) is 42.1 Å². The molecule has 6 nitrogen and oxygen atoms in total. The molecule has 1 fully saturated rings. The summed E-state index contributed by atoms with van der Waals surface area (Å²) in [6.45, 7) is 0.299. The van der Waals surface area contributed by atoms with Gasteiger partial charge in [0.15, 0.2) is 5.69 Å². The van der Waals surface area contributed by atoms with Crippen LogP contribution in [-0.4, -0.2) is 25.5 Å². The summed E-state index contributed by atoms with van der Waals surface area (Å²) in [7, 11) is 0. The fraction of sp³-hybridized carbons (Fsp3) is 0.350. The molecule has 3 aromatic rings. The van der Waals surface area contributed by atoms with Gasteiger partial charge in [0.1, 0.15) is 5.82 Å². The highest BCUT2D eigenvalue weighted by Gasteiger charge is 2.41. The first-order valence-corrected chi connectivity index (χ1v) is 10.9. The number of carbonyl (C=O) groups excluding carboxylic acids is 1. The van der Waals surface area contributed by atoms with Gasteiger partial charge in [0.05, 0.1) is 35.1 Å². The zero-order chi connectivity index (χ0) is 23.0. The van der Waals surface area contributed by atoms with Crippen molar-refractivity contribution in [1.29, 1.82) is 0 Å². The van der Waals surface area contributed by atoms with E-state index >= 15 is 0 Å². The molecular weight excluding hydrogens is 518 g/mol. The maximum Gasteiger partial charge on any atom is 0.436 e. The predicted molar refractivity (Wildman–Crippen MR) is 113 cm³/mol. The summed E-state index contributed by atoms with van der Waals surface area (Å²) in [5, 5.41) is 10.8. The topological polar surface area (TPSA) is 64.7 Å². The SMILES string of the molecule is O=C(CCn1nc(C(F)(F)F)c(Br)c1C1CC1)Nc1cnn(Cc2ccc(F)cc2Cl)c1. The van der Waals surface area contributed by atoms with Crippen molar-refractivity contribution in [2.24, 2.45) is 0 Å². The Morgan fingerprint density at radius 3 is 2.72 bits per heavy atom. The summed E-state index contributed by atoms with van der Waals surface area (Å²) < 4.78 is 55.5. The van der Waals surface area contributed by atoms with Crippen LogP contribution < -0.4 is 5.32 Å². The van der Waals surface area contributed by atoms with Crippen LogP contribution in [0.25, 0.3) is 0 Å². The van der Waals surface area contributed by atoms with E-state index in [0.717, 1.165) is 12.8 Å². The van der Waals surface area contributed by atoms with Gasteiger partial charge in [0.2, 0.25) is 5.91 Å². The number of amides is 1. The predicted octanol–water partition coefficient (Wildman–Crippen LogP) is 5.61. The number of nitrogens with one attached hydrogen (secondary N) is 1. The van der Waals surface area contributed by atoms with Crippen molar-refractivity contribution in [2.45, 2.75) is 44.4 Å². The van der Waals surface area contributed by atoms with Crippen LogP contribution in [0.4, 0.5) is 23.2 Å². The monoisotopic (exact) mass is 533 g/mol. The molecule has 1 aliphatic carbocycles. The van der Waals surface area contributed by atoms with Crippen molar-refractivity contribution in [2.75, 3.05) is 5.32 Å². The Morgan fingerprint density at radius 2 is 2.06 bits per heavy atom. The number of hydrogen-bond acceptors (Lipinski definition) is 3. The number of anilines is 1. The first kappa shape index (κ1) is 22.8. The number of benzene rings is 1. The van der Waals surface area contributed by atoms with Crippen molar-refractivity contribution in [3.05, 3.63) is 62.9 Å². The second kappa shape index (κ2) is 8.86. The van der Waals surface area contributed by atoms with Crippen LogP contribution in [0.5, 0.6) is 0 Å². The zero-order valence-corrected chi connectivity index (χ0v) is 18.8. The lowest BCUT2D eigenvalue weighted by Crippen LogP contribution is -2.16. The van der Waals surface area contributed by atoms with Crippen LogP contribution in [0.3, 0.4) is 0 Å². The number of rotatable bonds is 7. The summed E-state index contributed by atoms with van der Waals surface area (Å²) >= 11 is 9.05. The average Bonchev–Trinajstić information content (AvgIpc) is 3.34. The van der Waals surface area contributed by atoms with Gasteiger partial charge in [-0.3, -0.25) is 14.2 Å². The number of aromatic nitrogens is 4. The maximum absolute atomic E-state index is 13.2. The number of carbonyl (C=O) groups is 1. The Kier molecular flexibility index (Phi) is 6.30. The molecule has 1 N–H and O–H groups in total. The third-order valence-electron chi connectivity index (χ3n) is 4.98. The largest absolute Gasteiger partial charge is 0.436 e.